The first-order chi connectivity index (χ1) is 17.8. The molecule has 2 aliphatic heterocycles. The number of carbonyl (C=O) groups is 3. The van der Waals surface area contributed by atoms with Gasteiger partial charge in [0.2, 0.25) is 0 Å². The number of amides is 2. The van der Waals surface area contributed by atoms with E-state index in [0.29, 0.717) is 23.0 Å². The number of nitrogens with two attached hydrogens (primary N) is 2. The lowest BCUT2D eigenvalue weighted by Crippen LogP contribution is -2.71. The van der Waals surface area contributed by atoms with Crippen LogP contribution in [0.5, 0.6) is 0 Å². The summed E-state index contributed by atoms with van der Waals surface area (Å²) in [5.74, 6) is -0.998. The molecule has 0 aromatic carbocycles. The van der Waals surface area contributed by atoms with Crippen LogP contribution >= 0.6 is 58.2 Å². The van der Waals surface area contributed by atoms with E-state index in [-0.39, 0.29) is 20.9 Å². The number of carboxylic acid groups (broad SMARTS) is 1. The van der Waals surface area contributed by atoms with Gasteiger partial charge in [0.1, 0.15) is 27.1 Å². The summed E-state index contributed by atoms with van der Waals surface area (Å²) >= 11 is 11.1. The molecule has 196 valence electrons. The minimum absolute atomic E-state index is 0.0451. The topological polar surface area (TPSA) is 197 Å². The molecule has 2 aromatic rings. The van der Waals surface area contributed by atoms with Gasteiger partial charge in [0.15, 0.2) is 10.8 Å². The molecule has 0 spiro atoms. The van der Waals surface area contributed by atoms with Crippen LogP contribution in [0.25, 0.3) is 0 Å². The molecule has 1 saturated heterocycles. The Hall–Kier alpha value is -2.50. The summed E-state index contributed by atoms with van der Waals surface area (Å²) in [7, 11) is 0. The predicted molar refractivity (Wildman–Crippen MR) is 145 cm³/mol. The molecule has 2 unspecified atom stereocenters. The standard InChI is InChI=1S/C20H20ClN7O5S4/c21-15-11(26-20(23)37-15)12(27-33)16(29)25-13-17(30)28-14(19(31)32)10(7-35-18(13)28)36-9-1-3-24-5-8(9)6-34-4-2-22/h1,3,5,13,18,33H,2,4,6-7,22H2,(H2,23,26)(H,25,29)(H,31,32). The highest BCUT2D eigenvalue weighted by molar-refractivity contribution is 8.06. The summed E-state index contributed by atoms with van der Waals surface area (Å²) < 4.78 is 0.0451. The Morgan fingerprint density at radius 2 is 2.19 bits per heavy atom. The van der Waals surface area contributed by atoms with Crippen LogP contribution in [0, 0.1) is 0 Å². The lowest BCUT2D eigenvalue weighted by molar-refractivity contribution is -0.150. The van der Waals surface area contributed by atoms with E-state index in [0.717, 1.165) is 32.4 Å². The van der Waals surface area contributed by atoms with Crippen LogP contribution < -0.4 is 16.8 Å². The quantitative estimate of drug-likeness (QED) is 0.0868. The van der Waals surface area contributed by atoms with E-state index in [1.807, 2.05) is 0 Å². The van der Waals surface area contributed by atoms with E-state index in [9.17, 15) is 24.7 Å². The first-order valence-electron chi connectivity index (χ1n) is 10.5. The summed E-state index contributed by atoms with van der Waals surface area (Å²) in [5, 5.41) is 24.2. The third-order valence-corrected chi connectivity index (χ3v) is 9.96. The monoisotopic (exact) mass is 601 g/mol. The normalized spacial score (nSPS) is 19.5. The average molecular weight is 602 g/mol. The number of hydrogen-bond acceptors (Lipinski definition) is 13. The number of aromatic nitrogens is 2. The number of thioether (sulfide) groups is 3. The van der Waals surface area contributed by atoms with E-state index in [2.05, 4.69) is 20.4 Å². The van der Waals surface area contributed by atoms with Gasteiger partial charge in [-0.1, -0.05) is 39.9 Å². The van der Waals surface area contributed by atoms with E-state index >= 15 is 0 Å². The Morgan fingerprint density at radius 3 is 2.84 bits per heavy atom. The van der Waals surface area contributed by atoms with E-state index < -0.39 is 34.9 Å². The molecule has 2 atom stereocenters. The maximum absolute atomic E-state index is 13.0. The van der Waals surface area contributed by atoms with Crippen molar-refractivity contribution in [2.45, 2.75) is 22.1 Å². The van der Waals surface area contributed by atoms with Gasteiger partial charge in [-0.05, 0) is 11.6 Å². The van der Waals surface area contributed by atoms with Crippen LogP contribution in [0.15, 0.2) is 39.1 Å². The second-order valence-electron chi connectivity index (χ2n) is 7.49. The van der Waals surface area contributed by atoms with Gasteiger partial charge in [-0.2, -0.15) is 11.8 Å². The van der Waals surface area contributed by atoms with Crippen LogP contribution in [0.4, 0.5) is 5.13 Å². The van der Waals surface area contributed by atoms with Crippen molar-refractivity contribution in [3.63, 3.8) is 0 Å². The minimum Gasteiger partial charge on any atom is -0.477 e. The molecule has 2 aromatic heterocycles. The molecule has 7 N–H and O–H groups in total. The van der Waals surface area contributed by atoms with Gasteiger partial charge in [-0.15, -0.1) is 11.8 Å². The number of thiazole rings is 1. The van der Waals surface area contributed by atoms with Crippen molar-refractivity contribution in [2.24, 2.45) is 10.9 Å². The fourth-order valence-corrected chi connectivity index (χ4v) is 7.91. The van der Waals surface area contributed by atoms with Gasteiger partial charge in [0.25, 0.3) is 11.8 Å². The number of nitrogen functional groups attached to an aromatic ring is 1. The van der Waals surface area contributed by atoms with Gasteiger partial charge >= 0.3 is 5.97 Å². The van der Waals surface area contributed by atoms with Gasteiger partial charge in [0.05, 0.1) is 0 Å². The second-order valence-corrected chi connectivity index (χ2v) is 12.5. The average Bonchev–Trinajstić information content (AvgIpc) is 3.20. The molecule has 2 aliphatic rings. The van der Waals surface area contributed by atoms with Crippen molar-refractivity contribution in [2.75, 3.05) is 23.8 Å². The minimum atomic E-state index is -1.25. The number of aliphatic carboxylic acids is 1. The molecular formula is C20H20ClN7O5S4. The molecule has 0 radical (unpaired) electrons. The zero-order valence-corrected chi connectivity index (χ0v) is 22.8. The maximum Gasteiger partial charge on any atom is 0.353 e. The van der Waals surface area contributed by atoms with Crippen molar-refractivity contribution in [3.8, 4) is 0 Å². The van der Waals surface area contributed by atoms with Gasteiger partial charge < -0.3 is 27.1 Å². The summed E-state index contributed by atoms with van der Waals surface area (Å²) in [5.41, 5.74) is 11.3. The smallest absolute Gasteiger partial charge is 0.353 e. The highest BCUT2D eigenvalue weighted by Crippen LogP contribution is 2.46. The van der Waals surface area contributed by atoms with Gasteiger partial charge in [0, 0.05) is 46.0 Å². The van der Waals surface area contributed by atoms with Crippen molar-refractivity contribution in [1.82, 2.24) is 20.2 Å². The molecule has 37 heavy (non-hydrogen) atoms. The molecule has 12 nitrogen and oxygen atoms in total. The number of nitrogens with one attached hydrogen (secondary N) is 1. The number of hydrogen-bond donors (Lipinski definition) is 5. The van der Waals surface area contributed by atoms with Gasteiger partial charge in [-0.25, -0.2) is 9.78 Å². The zero-order valence-electron chi connectivity index (χ0n) is 18.8. The Labute approximate surface area is 232 Å². The number of carbonyl (C=O) groups excluding carboxylic acids is 2. The maximum atomic E-state index is 13.0. The van der Waals surface area contributed by atoms with Crippen LogP contribution in [-0.4, -0.2) is 78.1 Å². The number of halogens is 1. The Bertz CT molecular complexity index is 1300. The summed E-state index contributed by atoms with van der Waals surface area (Å²) in [6.07, 6.45) is 3.36. The molecule has 4 rings (SSSR count). The lowest BCUT2D eigenvalue weighted by atomic mass is 10.0. The summed E-state index contributed by atoms with van der Waals surface area (Å²) in [4.78, 5) is 48.5. The molecule has 17 heteroatoms. The first kappa shape index (κ1) is 27.5. The number of oxime groups is 1. The van der Waals surface area contributed by atoms with Gasteiger partial charge in [-0.3, -0.25) is 19.5 Å². The van der Waals surface area contributed by atoms with Crippen LogP contribution in [0.3, 0.4) is 0 Å². The third-order valence-electron chi connectivity index (χ3n) is 5.18. The fourth-order valence-electron chi connectivity index (χ4n) is 3.56. The number of rotatable bonds is 10. The number of nitrogens with zero attached hydrogens (tertiary/aromatic N) is 4. The Kier molecular flexibility index (Phi) is 8.86. The number of fused-ring (bicyclic) bond motifs is 1. The van der Waals surface area contributed by atoms with Crippen molar-refractivity contribution in [1.29, 1.82) is 0 Å². The second kappa shape index (κ2) is 11.9. The SMILES string of the molecule is NCCSCc1cnccc1SC1=C(C(=O)O)N2C(=O)C(NC(=O)C(=NO)c3nc(N)sc3Cl)C2SC1. The molecular weight excluding hydrogens is 582 g/mol. The highest BCUT2D eigenvalue weighted by atomic mass is 35.5. The van der Waals surface area contributed by atoms with Crippen molar-refractivity contribution in [3.05, 3.63) is 44.7 Å². The zero-order chi connectivity index (χ0) is 26.7. The molecule has 0 aliphatic carbocycles. The molecule has 4 heterocycles. The fraction of sp³-hybridized carbons (Fsp3) is 0.300. The van der Waals surface area contributed by atoms with Crippen LogP contribution in [0.1, 0.15) is 11.3 Å². The predicted octanol–water partition coefficient (Wildman–Crippen LogP) is 1.63. The van der Waals surface area contributed by atoms with Crippen LogP contribution in [0.2, 0.25) is 4.34 Å². The largest absolute Gasteiger partial charge is 0.477 e. The third kappa shape index (κ3) is 5.68. The molecule has 2 amide bonds. The van der Waals surface area contributed by atoms with Crippen LogP contribution in [-0.2, 0) is 20.1 Å². The Morgan fingerprint density at radius 1 is 1.41 bits per heavy atom. The molecule has 1 fully saturated rings. The van der Waals surface area contributed by atoms with Crippen molar-refractivity contribution < 1.29 is 24.7 Å². The Balaban J connectivity index is 1.52. The summed E-state index contributed by atoms with van der Waals surface area (Å²) in [6.45, 7) is 0.547. The lowest BCUT2D eigenvalue weighted by Gasteiger charge is -2.49. The number of β-lactam (4-membered cyclic amide) rings is 1. The number of pyridine rings is 1. The number of anilines is 1. The molecule has 0 saturated carbocycles. The first-order valence-corrected chi connectivity index (χ1v) is 14.7. The number of carboxylic acids is 1. The van der Waals surface area contributed by atoms with E-state index in [1.54, 1.807) is 30.2 Å². The highest BCUT2D eigenvalue weighted by Gasteiger charge is 2.54. The molecule has 0 bridgehead atoms. The summed E-state index contributed by atoms with van der Waals surface area (Å²) in [6, 6.07) is 0.772. The van der Waals surface area contributed by atoms with E-state index in [4.69, 9.17) is 23.1 Å². The van der Waals surface area contributed by atoms with Crippen molar-refractivity contribution >= 4 is 86.9 Å². The van der Waals surface area contributed by atoms with E-state index in [1.165, 1.54) is 23.5 Å².